The summed E-state index contributed by atoms with van der Waals surface area (Å²) in [7, 11) is -2.36. The summed E-state index contributed by atoms with van der Waals surface area (Å²) in [6, 6.07) is 10.9. The minimum absolute atomic E-state index is 0.0753. The van der Waals surface area contributed by atoms with Crippen LogP contribution in [0.5, 0.6) is 5.75 Å². The Morgan fingerprint density at radius 1 is 1.04 bits per heavy atom. The smallest absolute Gasteiger partial charge is 0.247 e. The third-order valence-corrected chi connectivity index (χ3v) is 5.67. The van der Waals surface area contributed by atoms with Crippen molar-refractivity contribution >= 4 is 10.0 Å². The van der Waals surface area contributed by atoms with E-state index in [0.717, 1.165) is 22.3 Å². The summed E-state index contributed by atoms with van der Waals surface area (Å²) in [5, 5.41) is 7.88. The molecule has 0 saturated carbocycles. The first-order chi connectivity index (χ1) is 12.8. The van der Waals surface area contributed by atoms with Crippen LogP contribution in [0.2, 0.25) is 0 Å². The van der Waals surface area contributed by atoms with Gasteiger partial charge in [0.1, 0.15) is 10.6 Å². The zero-order chi connectivity index (χ0) is 19.6. The van der Waals surface area contributed by atoms with E-state index in [1.165, 1.54) is 7.11 Å². The van der Waals surface area contributed by atoms with Crippen molar-refractivity contribution in [1.82, 2.24) is 14.9 Å². The van der Waals surface area contributed by atoms with Crippen molar-refractivity contribution < 1.29 is 17.6 Å². The van der Waals surface area contributed by atoms with Crippen LogP contribution in [0.1, 0.15) is 22.6 Å². The van der Waals surface area contributed by atoms with Gasteiger partial charge in [0, 0.05) is 5.56 Å². The van der Waals surface area contributed by atoms with Crippen LogP contribution in [0, 0.1) is 20.8 Å². The molecular weight excluding hydrogens is 366 g/mol. The van der Waals surface area contributed by atoms with Crippen LogP contribution >= 0.6 is 0 Å². The highest BCUT2D eigenvalue weighted by Gasteiger charge is 2.21. The third-order valence-electron chi connectivity index (χ3n) is 4.25. The van der Waals surface area contributed by atoms with Gasteiger partial charge >= 0.3 is 0 Å². The Morgan fingerprint density at radius 3 is 2.37 bits per heavy atom. The van der Waals surface area contributed by atoms with E-state index >= 15 is 0 Å². The van der Waals surface area contributed by atoms with E-state index < -0.39 is 10.0 Å². The molecule has 142 valence electrons. The lowest BCUT2D eigenvalue weighted by molar-refractivity contribution is 0.401. The molecule has 0 unspecified atom stereocenters. The van der Waals surface area contributed by atoms with Crippen molar-refractivity contribution in [3.63, 3.8) is 0 Å². The predicted octanol–water partition coefficient (Wildman–Crippen LogP) is 3.15. The first-order valence-corrected chi connectivity index (χ1v) is 9.83. The van der Waals surface area contributed by atoms with Crippen molar-refractivity contribution in [3.05, 3.63) is 59.0 Å². The molecule has 8 heteroatoms. The molecule has 3 aromatic rings. The molecule has 0 fully saturated rings. The standard InChI is InChI=1S/C19H21N3O4S/c1-12-5-7-15(8-6-12)19-22-21-18(26-19)11-20-27(23,24)17-10-14(3)13(2)9-16(17)25-4/h5-10,20H,11H2,1-4H3. The number of sulfonamides is 1. The number of hydrogen-bond acceptors (Lipinski definition) is 6. The monoisotopic (exact) mass is 387 g/mol. The summed E-state index contributed by atoms with van der Waals surface area (Å²) in [5.41, 5.74) is 3.70. The molecule has 0 aliphatic carbocycles. The number of nitrogens with one attached hydrogen (secondary N) is 1. The fourth-order valence-electron chi connectivity index (χ4n) is 2.51. The SMILES string of the molecule is COc1cc(C)c(C)cc1S(=O)(=O)NCc1nnc(-c2ccc(C)cc2)o1. The molecule has 0 amide bonds. The van der Waals surface area contributed by atoms with Gasteiger partial charge in [0.2, 0.25) is 21.8 Å². The number of nitrogens with zero attached hydrogens (tertiary/aromatic N) is 2. The number of ether oxygens (including phenoxy) is 1. The summed E-state index contributed by atoms with van der Waals surface area (Å²) in [4.78, 5) is 0.0753. The molecule has 2 aromatic carbocycles. The minimum Gasteiger partial charge on any atom is -0.495 e. The Morgan fingerprint density at radius 2 is 1.70 bits per heavy atom. The topological polar surface area (TPSA) is 94.3 Å². The lowest BCUT2D eigenvalue weighted by Crippen LogP contribution is -2.24. The summed E-state index contributed by atoms with van der Waals surface area (Å²) >= 11 is 0. The van der Waals surface area contributed by atoms with Crippen molar-refractivity contribution in [2.45, 2.75) is 32.2 Å². The van der Waals surface area contributed by atoms with Crippen LogP contribution in [0.4, 0.5) is 0 Å². The van der Waals surface area contributed by atoms with Crippen LogP contribution in [0.15, 0.2) is 45.7 Å². The maximum atomic E-state index is 12.7. The average molecular weight is 387 g/mol. The number of methoxy groups -OCH3 is 1. The maximum Gasteiger partial charge on any atom is 0.247 e. The van der Waals surface area contributed by atoms with Gasteiger partial charge in [0.25, 0.3) is 0 Å². The van der Waals surface area contributed by atoms with Gasteiger partial charge in [-0.1, -0.05) is 17.7 Å². The molecule has 3 rings (SSSR count). The second kappa shape index (κ2) is 7.50. The van der Waals surface area contributed by atoms with Gasteiger partial charge in [-0.15, -0.1) is 10.2 Å². The zero-order valence-electron chi connectivity index (χ0n) is 15.6. The maximum absolute atomic E-state index is 12.7. The third kappa shape index (κ3) is 4.17. The zero-order valence-corrected chi connectivity index (χ0v) is 16.4. The van der Waals surface area contributed by atoms with Gasteiger partial charge in [-0.25, -0.2) is 13.1 Å². The van der Waals surface area contributed by atoms with Crippen molar-refractivity contribution in [1.29, 1.82) is 0 Å². The molecule has 1 N–H and O–H groups in total. The van der Waals surface area contributed by atoms with E-state index in [0.29, 0.717) is 5.89 Å². The molecule has 0 aliphatic rings. The molecule has 0 saturated heterocycles. The molecule has 0 atom stereocenters. The highest BCUT2D eigenvalue weighted by atomic mass is 32.2. The molecule has 0 bridgehead atoms. The Kier molecular flexibility index (Phi) is 5.29. The molecular formula is C19H21N3O4S. The molecule has 0 spiro atoms. The van der Waals surface area contributed by atoms with E-state index in [2.05, 4.69) is 14.9 Å². The van der Waals surface area contributed by atoms with Crippen LogP contribution in [-0.4, -0.2) is 25.7 Å². The van der Waals surface area contributed by atoms with E-state index in [4.69, 9.17) is 9.15 Å². The van der Waals surface area contributed by atoms with E-state index in [9.17, 15) is 8.42 Å². The summed E-state index contributed by atoms with van der Waals surface area (Å²) in [5.74, 6) is 0.807. The fourth-order valence-corrected chi connectivity index (χ4v) is 3.71. The highest BCUT2D eigenvalue weighted by Crippen LogP contribution is 2.27. The average Bonchev–Trinajstić information content (AvgIpc) is 3.11. The van der Waals surface area contributed by atoms with Gasteiger partial charge in [0.05, 0.1) is 13.7 Å². The lowest BCUT2D eigenvalue weighted by atomic mass is 10.1. The molecule has 7 nitrogen and oxygen atoms in total. The van der Waals surface area contributed by atoms with Gasteiger partial charge in [-0.2, -0.15) is 0 Å². The summed E-state index contributed by atoms with van der Waals surface area (Å²) in [6.07, 6.45) is 0. The van der Waals surface area contributed by atoms with Gasteiger partial charge in [-0.05, 0) is 56.2 Å². The number of aromatic nitrogens is 2. The quantitative estimate of drug-likeness (QED) is 0.698. The molecule has 0 aliphatic heterocycles. The second-order valence-corrected chi connectivity index (χ2v) is 8.01. The first kappa shape index (κ1) is 19.1. The second-order valence-electron chi connectivity index (χ2n) is 6.28. The van der Waals surface area contributed by atoms with E-state index in [1.54, 1.807) is 12.1 Å². The largest absolute Gasteiger partial charge is 0.495 e. The van der Waals surface area contributed by atoms with Crippen molar-refractivity contribution in [2.24, 2.45) is 0 Å². The Labute approximate surface area is 158 Å². The minimum atomic E-state index is -3.80. The normalized spacial score (nSPS) is 11.6. The fraction of sp³-hybridized carbons (Fsp3) is 0.263. The van der Waals surface area contributed by atoms with Crippen LogP contribution < -0.4 is 9.46 Å². The van der Waals surface area contributed by atoms with Crippen LogP contribution in [0.3, 0.4) is 0 Å². The van der Waals surface area contributed by atoms with Gasteiger partial charge < -0.3 is 9.15 Å². The summed E-state index contributed by atoms with van der Waals surface area (Å²) < 4.78 is 38.6. The molecule has 0 radical (unpaired) electrons. The van der Waals surface area contributed by atoms with Crippen LogP contribution in [-0.2, 0) is 16.6 Å². The first-order valence-electron chi connectivity index (χ1n) is 8.34. The van der Waals surface area contributed by atoms with E-state index in [1.807, 2.05) is 45.0 Å². The van der Waals surface area contributed by atoms with Gasteiger partial charge in [0.15, 0.2) is 0 Å². The number of aryl methyl sites for hydroxylation is 3. The Bertz CT molecular complexity index is 1060. The highest BCUT2D eigenvalue weighted by molar-refractivity contribution is 7.89. The Hall–Kier alpha value is -2.71. The van der Waals surface area contributed by atoms with Crippen molar-refractivity contribution in [3.8, 4) is 17.2 Å². The lowest BCUT2D eigenvalue weighted by Gasteiger charge is -2.12. The Balaban J connectivity index is 1.78. The molecule has 27 heavy (non-hydrogen) atoms. The van der Waals surface area contributed by atoms with Crippen LogP contribution in [0.25, 0.3) is 11.5 Å². The van der Waals surface area contributed by atoms with E-state index in [-0.39, 0.29) is 23.1 Å². The molecule has 1 heterocycles. The number of benzene rings is 2. The molecule has 1 aromatic heterocycles. The predicted molar refractivity (Wildman–Crippen MR) is 101 cm³/mol. The van der Waals surface area contributed by atoms with Crippen molar-refractivity contribution in [2.75, 3.05) is 7.11 Å². The summed E-state index contributed by atoms with van der Waals surface area (Å²) in [6.45, 7) is 5.61. The number of rotatable bonds is 6. The van der Waals surface area contributed by atoms with Gasteiger partial charge in [-0.3, -0.25) is 0 Å². The number of hydrogen-bond donors (Lipinski definition) is 1.